The molecule has 4 heterocycles. The van der Waals surface area contributed by atoms with E-state index in [-0.39, 0.29) is 43.8 Å². The van der Waals surface area contributed by atoms with E-state index >= 15 is 0 Å². The molecule has 1 aromatic rings. The lowest BCUT2D eigenvalue weighted by Gasteiger charge is -2.46. The highest BCUT2D eigenvalue weighted by atomic mass is 16.7. The summed E-state index contributed by atoms with van der Waals surface area (Å²) >= 11 is 0. The number of amides is 4. The van der Waals surface area contributed by atoms with Crippen LogP contribution in [0.5, 0.6) is 11.5 Å². The summed E-state index contributed by atoms with van der Waals surface area (Å²) in [6, 6.07) is 4.08. The van der Waals surface area contributed by atoms with Gasteiger partial charge in [-0.3, -0.25) is 14.5 Å². The smallest absolute Gasteiger partial charge is 0.327 e. The first-order chi connectivity index (χ1) is 15.6. The van der Waals surface area contributed by atoms with Gasteiger partial charge in [0.05, 0.1) is 18.7 Å². The van der Waals surface area contributed by atoms with Crippen LogP contribution in [0.25, 0.3) is 0 Å². The molecule has 0 aromatic heterocycles. The Balaban J connectivity index is 1.30. The average molecular weight is 444 g/mol. The van der Waals surface area contributed by atoms with Crippen molar-refractivity contribution >= 4 is 17.8 Å². The van der Waals surface area contributed by atoms with Crippen LogP contribution in [-0.2, 0) is 20.9 Å². The van der Waals surface area contributed by atoms with Crippen molar-refractivity contribution < 1.29 is 28.6 Å². The van der Waals surface area contributed by atoms with E-state index in [1.54, 1.807) is 12.1 Å². The summed E-state index contributed by atoms with van der Waals surface area (Å²) < 4.78 is 16.3. The minimum atomic E-state index is -0.513. The Morgan fingerprint density at radius 2 is 2.03 bits per heavy atom. The van der Waals surface area contributed by atoms with E-state index in [2.05, 4.69) is 10.6 Å². The molecule has 0 bridgehead atoms. The number of ether oxygens (including phenoxy) is 3. The van der Waals surface area contributed by atoms with Crippen molar-refractivity contribution in [1.29, 1.82) is 0 Å². The molecule has 0 aliphatic carbocycles. The molecule has 3 unspecified atom stereocenters. The third-order valence-corrected chi connectivity index (χ3v) is 6.48. The normalized spacial score (nSPS) is 26.9. The molecule has 1 aromatic carbocycles. The molecule has 4 aliphatic rings. The van der Waals surface area contributed by atoms with Crippen LogP contribution in [0.15, 0.2) is 18.2 Å². The van der Waals surface area contributed by atoms with Gasteiger partial charge in [-0.15, -0.1) is 0 Å². The number of rotatable bonds is 6. The van der Waals surface area contributed by atoms with Gasteiger partial charge in [0.25, 0.3) is 0 Å². The maximum absolute atomic E-state index is 13.4. The molecule has 4 amide bonds. The minimum Gasteiger partial charge on any atom is -0.454 e. The molecule has 32 heavy (non-hydrogen) atoms. The van der Waals surface area contributed by atoms with E-state index in [0.717, 1.165) is 31.4 Å². The van der Waals surface area contributed by atoms with Gasteiger partial charge >= 0.3 is 6.03 Å². The number of fused-ring (bicyclic) bond motifs is 2. The van der Waals surface area contributed by atoms with Crippen LogP contribution in [0.3, 0.4) is 0 Å². The first-order valence-corrected chi connectivity index (χ1v) is 11.2. The van der Waals surface area contributed by atoms with Crippen LogP contribution in [0, 0.1) is 0 Å². The molecular formula is C22H28N4O6. The van der Waals surface area contributed by atoms with Crippen molar-refractivity contribution in [3.8, 4) is 11.5 Å². The summed E-state index contributed by atoms with van der Waals surface area (Å²) in [5, 5.41) is 6.13. The number of imide groups is 1. The number of hydrogen-bond acceptors (Lipinski definition) is 7. The maximum atomic E-state index is 13.4. The number of benzene rings is 1. The largest absolute Gasteiger partial charge is 0.454 e. The zero-order valence-corrected chi connectivity index (χ0v) is 17.9. The number of urea groups is 1. The van der Waals surface area contributed by atoms with Gasteiger partial charge in [-0.2, -0.15) is 0 Å². The van der Waals surface area contributed by atoms with Gasteiger partial charge in [-0.1, -0.05) is 6.07 Å². The monoisotopic (exact) mass is 444 g/mol. The van der Waals surface area contributed by atoms with Gasteiger partial charge in [0, 0.05) is 13.2 Å². The van der Waals surface area contributed by atoms with E-state index in [0.29, 0.717) is 31.0 Å². The summed E-state index contributed by atoms with van der Waals surface area (Å²) in [6.07, 6.45) is 3.49. The van der Waals surface area contributed by atoms with Crippen LogP contribution in [0.4, 0.5) is 4.79 Å². The number of carbonyl (C=O) groups is 3. The van der Waals surface area contributed by atoms with E-state index in [4.69, 9.17) is 14.2 Å². The molecule has 3 fully saturated rings. The second-order valence-electron chi connectivity index (χ2n) is 8.60. The molecule has 4 aliphatic heterocycles. The highest BCUT2D eigenvalue weighted by Crippen LogP contribution is 2.33. The van der Waals surface area contributed by atoms with Crippen molar-refractivity contribution in [2.24, 2.45) is 0 Å². The van der Waals surface area contributed by atoms with Gasteiger partial charge < -0.3 is 29.7 Å². The number of piperidine rings is 1. The molecule has 10 heteroatoms. The van der Waals surface area contributed by atoms with E-state index < -0.39 is 12.1 Å². The SMILES string of the molecule is O=C(CN1C(=O)N(Cc2ccc3c(c2)OCO3)C(=O)C2NCCCC21)NCC1CCCO1. The third kappa shape index (κ3) is 4.12. The summed E-state index contributed by atoms with van der Waals surface area (Å²) in [4.78, 5) is 42.0. The van der Waals surface area contributed by atoms with Gasteiger partial charge in [0.15, 0.2) is 11.5 Å². The van der Waals surface area contributed by atoms with E-state index in [9.17, 15) is 14.4 Å². The fourth-order valence-electron chi connectivity index (χ4n) is 4.81. The average Bonchev–Trinajstić information content (AvgIpc) is 3.50. The number of carbonyl (C=O) groups excluding carboxylic acids is 3. The second kappa shape index (κ2) is 8.95. The Morgan fingerprint density at radius 1 is 1.16 bits per heavy atom. The van der Waals surface area contributed by atoms with Gasteiger partial charge in [0.1, 0.15) is 12.6 Å². The van der Waals surface area contributed by atoms with Crippen LogP contribution < -0.4 is 20.1 Å². The first kappa shape index (κ1) is 21.0. The Hall–Kier alpha value is -2.85. The van der Waals surface area contributed by atoms with Crippen LogP contribution >= 0.6 is 0 Å². The Morgan fingerprint density at radius 3 is 2.88 bits per heavy atom. The fourth-order valence-corrected chi connectivity index (χ4v) is 4.81. The Bertz CT molecular complexity index is 902. The molecule has 2 N–H and O–H groups in total. The maximum Gasteiger partial charge on any atom is 0.327 e. The highest BCUT2D eigenvalue weighted by Gasteiger charge is 2.47. The highest BCUT2D eigenvalue weighted by molar-refractivity contribution is 6.01. The van der Waals surface area contributed by atoms with Gasteiger partial charge in [-0.05, 0) is 49.9 Å². The molecule has 5 rings (SSSR count). The number of hydrogen-bond donors (Lipinski definition) is 2. The van der Waals surface area contributed by atoms with Crippen LogP contribution in [0.1, 0.15) is 31.2 Å². The fraction of sp³-hybridized carbons (Fsp3) is 0.591. The van der Waals surface area contributed by atoms with Crippen molar-refractivity contribution in [3.05, 3.63) is 23.8 Å². The summed E-state index contributed by atoms with van der Waals surface area (Å²) in [5.41, 5.74) is 0.757. The van der Waals surface area contributed by atoms with Crippen LogP contribution in [0.2, 0.25) is 0 Å². The predicted octanol–water partition coefficient (Wildman–Crippen LogP) is 0.595. The van der Waals surface area contributed by atoms with Crippen molar-refractivity contribution in [1.82, 2.24) is 20.4 Å². The van der Waals surface area contributed by atoms with E-state index in [1.807, 2.05) is 6.07 Å². The Labute approximate surface area is 186 Å². The standard InChI is InChI=1S/C22H28N4O6/c27-19(24-10-15-3-2-8-30-15)12-25-16-4-1-7-23-20(16)21(28)26(22(25)29)11-14-5-6-17-18(9-14)32-13-31-17/h5-6,9,15-16,20,23H,1-4,7-8,10-13H2,(H,24,27). The quantitative estimate of drug-likeness (QED) is 0.661. The third-order valence-electron chi connectivity index (χ3n) is 6.48. The molecule has 0 spiro atoms. The zero-order chi connectivity index (χ0) is 22.1. The lowest BCUT2D eigenvalue weighted by atomic mass is 9.93. The Kier molecular flexibility index (Phi) is 5.88. The summed E-state index contributed by atoms with van der Waals surface area (Å²) in [6.45, 7) is 2.04. The topological polar surface area (TPSA) is 109 Å². The number of nitrogens with zero attached hydrogens (tertiary/aromatic N) is 2. The predicted molar refractivity (Wildman–Crippen MR) is 112 cm³/mol. The van der Waals surface area contributed by atoms with E-state index in [1.165, 1.54) is 9.80 Å². The van der Waals surface area contributed by atoms with Crippen LogP contribution in [-0.4, -0.2) is 78.9 Å². The number of nitrogens with one attached hydrogen (secondary N) is 2. The summed E-state index contributed by atoms with van der Waals surface area (Å²) in [5.74, 6) is 0.742. The molecule has 10 nitrogen and oxygen atoms in total. The zero-order valence-electron chi connectivity index (χ0n) is 17.9. The van der Waals surface area contributed by atoms with Crippen molar-refractivity contribution in [2.75, 3.05) is 33.0 Å². The first-order valence-electron chi connectivity index (χ1n) is 11.2. The molecular weight excluding hydrogens is 416 g/mol. The molecule has 0 radical (unpaired) electrons. The lowest BCUT2D eigenvalue weighted by molar-refractivity contribution is -0.139. The molecule has 3 saturated heterocycles. The van der Waals surface area contributed by atoms with Gasteiger partial charge in [-0.25, -0.2) is 4.79 Å². The summed E-state index contributed by atoms with van der Waals surface area (Å²) in [7, 11) is 0. The van der Waals surface area contributed by atoms with Gasteiger partial charge in [0.2, 0.25) is 18.6 Å². The lowest BCUT2D eigenvalue weighted by Crippen LogP contribution is -2.70. The van der Waals surface area contributed by atoms with Crippen molar-refractivity contribution in [3.63, 3.8) is 0 Å². The van der Waals surface area contributed by atoms with Crippen molar-refractivity contribution in [2.45, 2.75) is 50.4 Å². The minimum absolute atomic E-state index is 0.0317. The second-order valence-corrected chi connectivity index (χ2v) is 8.60. The molecule has 0 saturated carbocycles. The molecule has 172 valence electrons. The molecule has 3 atom stereocenters.